The molecule has 0 aromatic carbocycles. The Morgan fingerprint density at radius 1 is 1.17 bits per heavy atom. The minimum atomic E-state index is 0.620. The average molecular weight is 356 g/mol. The molecule has 7 heteroatoms. The molecule has 0 radical (unpaired) electrons. The van der Waals surface area contributed by atoms with Crippen LogP contribution >= 0.6 is 22.9 Å². The van der Waals surface area contributed by atoms with Gasteiger partial charge in [0.05, 0.1) is 10.6 Å². The van der Waals surface area contributed by atoms with E-state index in [0.717, 1.165) is 41.9 Å². The van der Waals surface area contributed by atoms with Crippen LogP contribution in [0.1, 0.15) is 35.7 Å². The number of aryl methyl sites for hydroxylation is 2. The molecule has 0 bridgehead atoms. The van der Waals surface area contributed by atoms with E-state index in [4.69, 9.17) is 11.6 Å². The largest absolute Gasteiger partial charge is 0.354 e. The first-order chi connectivity index (χ1) is 10.9. The first-order valence-corrected chi connectivity index (χ1v) is 9.14. The van der Waals surface area contributed by atoms with Crippen molar-refractivity contribution in [1.82, 2.24) is 19.7 Å². The van der Waals surface area contributed by atoms with Gasteiger partial charge >= 0.3 is 0 Å². The van der Waals surface area contributed by atoms with Crippen molar-refractivity contribution in [2.45, 2.75) is 47.3 Å². The van der Waals surface area contributed by atoms with Crippen molar-refractivity contribution in [1.29, 1.82) is 0 Å². The van der Waals surface area contributed by atoms with E-state index in [1.165, 1.54) is 11.3 Å². The summed E-state index contributed by atoms with van der Waals surface area (Å²) in [6.45, 7) is 12.1. The molecule has 0 fully saturated rings. The third kappa shape index (κ3) is 4.05. The van der Waals surface area contributed by atoms with Gasteiger partial charge in [0, 0.05) is 45.0 Å². The van der Waals surface area contributed by atoms with Gasteiger partial charge in [-0.05, 0) is 27.3 Å². The fourth-order valence-corrected chi connectivity index (χ4v) is 3.81. The third-order valence-corrected chi connectivity index (χ3v) is 5.68. The van der Waals surface area contributed by atoms with Gasteiger partial charge in [-0.1, -0.05) is 29.9 Å². The molecule has 0 N–H and O–H groups in total. The maximum atomic E-state index is 6.31. The van der Waals surface area contributed by atoms with Crippen molar-refractivity contribution < 1.29 is 0 Å². The molecule has 0 aliphatic heterocycles. The minimum Gasteiger partial charge on any atom is -0.354 e. The summed E-state index contributed by atoms with van der Waals surface area (Å²) in [5.74, 6) is 0. The molecule has 2 rings (SSSR count). The summed E-state index contributed by atoms with van der Waals surface area (Å²) < 4.78 is 2.07. The van der Waals surface area contributed by atoms with Crippen LogP contribution in [0, 0.1) is 13.8 Å². The van der Waals surface area contributed by atoms with E-state index in [1.54, 1.807) is 11.3 Å². The van der Waals surface area contributed by atoms with Gasteiger partial charge in [0.1, 0.15) is 5.15 Å². The van der Waals surface area contributed by atoms with Crippen molar-refractivity contribution in [3.05, 3.63) is 27.0 Å². The number of hydrogen-bond acceptors (Lipinski definition) is 5. The normalized spacial score (nSPS) is 11.5. The highest BCUT2D eigenvalue weighted by Crippen LogP contribution is 2.30. The predicted molar refractivity (Wildman–Crippen MR) is 98.6 cm³/mol. The molecule has 23 heavy (non-hydrogen) atoms. The Bertz CT molecular complexity index is 662. The van der Waals surface area contributed by atoms with E-state index in [1.807, 2.05) is 19.0 Å². The number of rotatable bonds is 7. The molecule has 2 aromatic heterocycles. The first-order valence-electron chi connectivity index (χ1n) is 7.95. The Morgan fingerprint density at radius 3 is 2.35 bits per heavy atom. The lowest BCUT2D eigenvalue weighted by atomic mass is 10.2. The predicted octanol–water partition coefficient (Wildman–Crippen LogP) is 3.72. The fourth-order valence-electron chi connectivity index (χ4n) is 2.59. The van der Waals surface area contributed by atoms with Crippen LogP contribution in [0.4, 0.5) is 5.13 Å². The third-order valence-electron chi connectivity index (χ3n) is 4.05. The Morgan fingerprint density at radius 2 is 1.87 bits per heavy atom. The Balaban J connectivity index is 2.17. The smallest absolute Gasteiger partial charge is 0.186 e. The Kier molecular flexibility index (Phi) is 6.06. The van der Waals surface area contributed by atoms with E-state index in [-0.39, 0.29) is 0 Å². The molecule has 0 unspecified atom stereocenters. The number of nitrogens with zero attached hydrogens (tertiary/aromatic N) is 5. The van der Waals surface area contributed by atoms with Crippen molar-refractivity contribution in [2.24, 2.45) is 0 Å². The molecule has 0 saturated heterocycles. The molecule has 0 spiro atoms. The summed E-state index contributed by atoms with van der Waals surface area (Å²) in [5.41, 5.74) is 3.70. The van der Waals surface area contributed by atoms with Crippen molar-refractivity contribution in [2.75, 3.05) is 25.5 Å². The molecule has 5 nitrogen and oxygen atoms in total. The van der Waals surface area contributed by atoms with Crippen molar-refractivity contribution in [3.8, 4) is 0 Å². The van der Waals surface area contributed by atoms with Crippen LogP contribution < -0.4 is 4.90 Å². The lowest BCUT2D eigenvalue weighted by Crippen LogP contribution is -2.22. The zero-order chi connectivity index (χ0) is 17.1. The molecule has 0 aliphatic carbocycles. The van der Waals surface area contributed by atoms with E-state index < -0.39 is 0 Å². The highest BCUT2D eigenvalue weighted by atomic mass is 35.5. The molecular weight excluding hydrogens is 330 g/mol. The van der Waals surface area contributed by atoms with Crippen LogP contribution in [0.3, 0.4) is 0 Å². The molecule has 0 saturated carbocycles. The van der Waals surface area contributed by atoms with Gasteiger partial charge in [-0.3, -0.25) is 9.58 Å². The first kappa shape index (κ1) is 18.2. The molecule has 2 heterocycles. The summed E-state index contributed by atoms with van der Waals surface area (Å²) in [5, 5.41) is 6.19. The number of anilines is 1. The zero-order valence-electron chi connectivity index (χ0n) is 14.9. The number of thiazole rings is 1. The van der Waals surface area contributed by atoms with E-state index >= 15 is 0 Å². The van der Waals surface area contributed by atoms with E-state index in [2.05, 4.69) is 47.4 Å². The Hall–Kier alpha value is -1.11. The molecule has 2 aromatic rings. The number of halogens is 1. The SMILES string of the molecule is CCN(Cc1sc(N(C)C)nc1Cl)Cc1c(C)nn(CC)c1C. The zero-order valence-corrected chi connectivity index (χ0v) is 16.4. The monoisotopic (exact) mass is 355 g/mol. The van der Waals surface area contributed by atoms with Crippen LogP contribution in [-0.2, 0) is 19.6 Å². The fraction of sp³-hybridized carbons (Fsp3) is 0.625. The van der Waals surface area contributed by atoms with Crippen molar-refractivity contribution >= 4 is 28.1 Å². The summed E-state index contributed by atoms with van der Waals surface area (Å²) in [6, 6.07) is 0. The summed E-state index contributed by atoms with van der Waals surface area (Å²) >= 11 is 7.97. The molecule has 128 valence electrons. The lowest BCUT2D eigenvalue weighted by molar-refractivity contribution is 0.272. The van der Waals surface area contributed by atoms with Crippen LogP contribution in [0.5, 0.6) is 0 Å². The summed E-state index contributed by atoms with van der Waals surface area (Å²) in [4.78, 5) is 9.93. The average Bonchev–Trinajstić information content (AvgIpc) is 3.01. The quantitative estimate of drug-likeness (QED) is 0.758. The number of aromatic nitrogens is 3. The van der Waals surface area contributed by atoms with Crippen LogP contribution in [0.15, 0.2) is 0 Å². The topological polar surface area (TPSA) is 37.2 Å². The van der Waals surface area contributed by atoms with Gasteiger partial charge in [0.2, 0.25) is 0 Å². The Labute approximate surface area is 147 Å². The highest BCUT2D eigenvalue weighted by Gasteiger charge is 2.17. The lowest BCUT2D eigenvalue weighted by Gasteiger charge is -2.20. The van der Waals surface area contributed by atoms with Crippen molar-refractivity contribution in [3.63, 3.8) is 0 Å². The molecule has 0 atom stereocenters. The van der Waals surface area contributed by atoms with Gasteiger partial charge in [0.15, 0.2) is 5.13 Å². The van der Waals surface area contributed by atoms with Gasteiger partial charge in [0.25, 0.3) is 0 Å². The van der Waals surface area contributed by atoms with Crippen LogP contribution in [-0.4, -0.2) is 40.3 Å². The summed E-state index contributed by atoms with van der Waals surface area (Å²) in [6.07, 6.45) is 0. The molecule has 0 amide bonds. The molecule has 0 aliphatic rings. The second kappa shape index (κ2) is 7.64. The maximum absolute atomic E-state index is 6.31. The van der Waals surface area contributed by atoms with Crippen LogP contribution in [0.2, 0.25) is 5.15 Å². The standard InChI is InChI=1S/C16H26ClN5S/c1-7-21(9-13-11(3)19-22(8-2)12(13)4)10-14-15(17)18-16(23-14)20(5)6/h7-10H2,1-6H3. The van der Waals surface area contributed by atoms with Gasteiger partial charge < -0.3 is 4.90 Å². The van der Waals surface area contributed by atoms with Crippen LogP contribution in [0.25, 0.3) is 0 Å². The maximum Gasteiger partial charge on any atom is 0.186 e. The minimum absolute atomic E-state index is 0.620. The molecular formula is C16H26ClN5S. The van der Waals surface area contributed by atoms with Gasteiger partial charge in [-0.2, -0.15) is 5.10 Å². The number of hydrogen-bond donors (Lipinski definition) is 0. The van der Waals surface area contributed by atoms with Gasteiger partial charge in [-0.25, -0.2) is 4.98 Å². The highest BCUT2D eigenvalue weighted by molar-refractivity contribution is 7.16. The van der Waals surface area contributed by atoms with Gasteiger partial charge in [-0.15, -0.1) is 0 Å². The second-order valence-electron chi connectivity index (χ2n) is 5.87. The second-order valence-corrected chi connectivity index (χ2v) is 7.29. The summed E-state index contributed by atoms with van der Waals surface area (Å²) in [7, 11) is 3.98. The van der Waals surface area contributed by atoms with E-state index in [9.17, 15) is 0 Å². The van der Waals surface area contributed by atoms with E-state index in [0.29, 0.717) is 5.15 Å².